The molecule has 0 saturated heterocycles. The van der Waals surface area contributed by atoms with Crippen molar-refractivity contribution in [2.45, 2.75) is 13.0 Å². The van der Waals surface area contributed by atoms with Crippen LogP contribution in [0.4, 0.5) is 0 Å². The monoisotopic (exact) mass is 341 g/mol. The summed E-state index contributed by atoms with van der Waals surface area (Å²) in [7, 11) is 1.73. The second-order valence-electron chi connectivity index (χ2n) is 2.86. The number of hydrogen-bond donors (Lipinski definition) is 1. The highest BCUT2D eigenvalue weighted by Gasteiger charge is 2.02. The minimum absolute atomic E-state index is 0.824. The minimum atomic E-state index is 0.824. The SMILES string of the molecule is COCCCNCc1cc(Br)c(Br)s1. The number of methoxy groups -OCH3 is 1. The Labute approximate surface area is 105 Å². The van der Waals surface area contributed by atoms with Crippen LogP contribution in [0.5, 0.6) is 0 Å². The van der Waals surface area contributed by atoms with E-state index in [0.717, 1.165) is 34.4 Å². The third kappa shape index (κ3) is 4.40. The molecule has 0 unspecified atom stereocenters. The zero-order valence-corrected chi connectivity index (χ0v) is 12.0. The molecule has 0 aliphatic heterocycles. The first-order valence-corrected chi connectivity index (χ1v) is 6.77. The molecule has 0 bridgehead atoms. The van der Waals surface area contributed by atoms with Crippen LogP contribution in [0.1, 0.15) is 11.3 Å². The lowest BCUT2D eigenvalue weighted by Gasteiger charge is -2.01. The van der Waals surface area contributed by atoms with Crippen LogP contribution in [0.25, 0.3) is 0 Å². The summed E-state index contributed by atoms with van der Waals surface area (Å²) in [6, 6.07) is 2.14. The largest absolute Gasteiger partial charge is 0.385 e. The van der Waals surface area contributed by atoms with Gasteiger partial charge in [-0.2, -0.15) is 0 Å². The molecule has 0 amide bonds. The molecule has 80 valence electrons. The van der Waals surface area contributed by atoms with Crippen LogP contribution in [0.15, 0.2) is 14.3 Å². The van der Waals surface area contributed by atoms with Crippen LogP contribution in [0, 0.1) is 0 Å². The normalized spacial score (nSPS) is 10.8. The van der Waals surface area contributed by atoms with Gasteiger partial charge in [0.25, 0.3) is 0 Å². The van der Waals surface area contributed by atoms with Gasteiger partial charge in [0.05, 0.1) is 3.79 Å². The topological polar surface area (TPSA) is 21.3 Å². The van der Waals surface area contributed by atoms with Crippen molar-refractivity contribution in [3.05, 3.63) is 19.2 Å². The summed E-state index contributed by atoms with van der Waals surface area (Å²) in [5, 5.41) is 3.37. The Balaban J connectivity index is 2.18. The molecule has 0 radical (unpaired) electrons. The molecule has 0 saturated carbocycles. The number of nitrogens with one attached hydrogen (secondary N) is 1. The summed E-state index contributed by atoms with van der Waals surface area (Å²) in [5.74, 6) is 0. The van der Waals surface area contributed by atoms with Gasteiger partial charge in [-0.3, -0.25) is 0 Å². The predicted octanol–water partition coefficient (Wildman–Crippen LogP) is 3.40. The molecule has 0 spiro atoms. The second-order valence-corrected chi connectivity index (χ2v) is 6.17. The minimum Gasteiger partial charge on any atom is -0.385 e. The summed E-state index contributed by atoms with van der Waals surface area (Å²) in [6.45, 7) is 2.75. The zero-order chi connectivity index (χ0) is 10.4. The molecule has 14 heavy (non-hydrogen) atoms. The third-order valence-corrected chi connectivity index (χ3v) is 4.95. The van der Waals surface area contributed by atoms with Crippen molar-refractivity contribution in [2.75, 3.05) is 20.3 Å². The first-order chi connectivity index (χ1) is 6.74. The summed E-state index contributed by atoms with van der Waals surface area (Å²) < 4.78 is 7.26. The maximum atomic E-state index is 4.96. The van der Waals surface area contributed by atoms with Gasteiger partial charge in [-0.05, 0) is 50.9 Å². The van der Waals surface area contributed by atoms with Crippen LogP contribution in [0.3, 0.4) is 0 Å². The molecule has 0 aromatic carbocycles. The Kier molecular flexibility index (Phi) is 6.28. The summed E-state index contributed by atoms with van der Waals surface area (Å²) in [6.07, 6.45) is 1.06. The molecular formula is C9H13Br2NOS. The second kappa shape index (κ2) is 6.95. The van der Waals surface area contributed by atoms with Gasteiger partial charge in [-0.25, -0.2) is 0 Å². The Hall–Kier alpha value is 0.580. The smallest absolute Gasteiger partial charge is 0.0843 e. The van der Waals surface area contributed by atoms with Gasteiger partial charge in [0, 0.05) is 29.6 Å². The van der Waals surface area contributed by atoms with Crippen molar-refractivity contribution in [1.82, 2.24) is 5.32 Å². The van der Waals surface area contributed by atoms with E-state index >= 15 is 0 Å². The number of rotatable bonds is 6. The van der Waals surface area contributed by atoms with E-state index in [1.54, 1.807) is 18.4 Å². The first-order valence-electron chi connectivity index (χ1n) is 4.37. The van der Waals surface area contributed by atoms with Crippen LogP contribution in [-0.4, -0.2) is 20.3 Å². The van der Waals surface area contributed by atoms with Crippen molar-refractivity contribution in [1.29, 1.82) is 0 Å². The van der Waals surface area contributed by atoms with E-state index in [1.807, 2.05) is 0 Å². The van der Waals surface area contributed by atoms with E-state index in [4.69, 9.17) is 4.74 Å². The number of halogens is 2. The third-order valence-electron chi connectivity index (χ3n) is 1.70. The highest BCUT2D eigenvalue weighted by atomic mass is 79.9. The maximum absolute atomic E-state index is 4.96. The summed E-state index contributed by atoms with van der Waals surface area (Å²) in [5.41, 5.74) is 0. The van der Waals surface area contributed by atoms with E-state index in [9.17, 15) is 0 Å². The average molecular weight is 343 g/mol. The van der Waals surface area contributed by atoms with Crippen LogP contribution in [0.2, 0.25) is 0 Å². The molecule has 0 atom stereocenters. The lowest BCUT2D eigenvalue weighted by Crippen LogP contribution is -2.15. The molecule has 1 aromatic rings. The molecule has 2 nitrogen and oxygen atoms in total. The van der Waals surface area contributed by atoms with Crippen LogP contribution < -0.4 is 5.32 Å². The van der Waals surface area contributed by atoms with Crippen molar-refractivity contribution < 1.29 is 4.74 Å². The van der Waals surface area contributed by atoms with Gasteiger partial charge in [0.1, 0.15) is 0 Å². The van der Waals surface area contributed by atoms with Gasteiger partial charge in [-0.1, -0.05) is 0 Å². The van der Waals surface area contributed by atoms with Crippen molar-refractivity contribution in [2.24, 2.45) is 0 Å². The van der Waals surface area contributed by atoms with E-state index < -0.39 is 0 Å². The molecule has 5 heteroatoms. The zero-order valence-electron chi connectivity index (χ0n) is 7.98. The Morgan fingerprint density at radius 2 is 2.29 bits per heavy atom. The summed E-state index contributed by atoms with van der Waals surface area (Å²) >= 11 is 8.69. The van der Waals surface area contributed by atoms with E-state index in [1.165, 1.54) is 4.88 Å². The van der Waals surface area contributed by atoms with Crippen molar-refractivity contribution >= 4 is 43.2 Å². The quantitative estimate of drug-likeness (QED) is 0.800. The number of ether oxygens (including phenoxy) is 1. The fourth-order valence-corrected chi connectivity index (χ4v) is 3.18. The van der Waals surface area contributed by atoms with E-state index in [-0.39, 0.29) is 0 Å². The fraction of sp³-hybridized carbons (Fsp3) is 0.556. The average Bonchev–Trinajstić information content (AvgIpc) is 2.46. The standard InChI is InChI=1S/C9H13Br2NOS/c1-13-4-2-3-12-6-7-5-8(10)9(11)14-7/h5,12H,2-4,6H2,1H3. The van der Waals surface area contributed by atoms with Gasteiger partial charge < -0.3 is 10.1 Å². The lowest BCUT2D eigenvalue weighted by molar-refractivity contribution is 0.194. The molecule has 0 aliphatic rings. The molecule has 0 aliphatic carbocycles. The molecule has 0 fully saturated rings. The fourth-order valence-electron chi connectivity index (χ4n) is 1.03. The molecule has 1 rings (SSSR count). The van der Waals surface area contributed by atoms with Gasteiger partial charge >= 0.3 is 0 Å². The van der Waals surface area contributed by atoms with Gasteiger partial charge in [0.15, 0.2) is 0 Å². The van der Waals surface area contributed by atoms with Crippen molar-refractivity contribution in [3.63, 3.8) is 0 Å². The molecule has 1 heterocycles. The van der Waals surface area contributed by atoms with Gasteiger partial charge in [0.2, 0.25) is 0 Å². The highest BCUT2D eigenvalue weighted by Crippen LogP contribution is 2.32. The number of thiophene rings is 1. The Morgan fingerprint density at radius 3 is 2.86 bits per heavy atom. The van der Waals surface area contributed by atoms with Gasteiger partial charge in [-0.15, -0.1) is 11.3 Å². The Bertz CT molecular complexity index is 258. The first kappa shape index (κ1) is 12.6. The van der Waals surface area contributed by atoms with Crippen LogP contribution >= 0.6 is 43.2 Å². The molecular weight excluding hydrogens is 330 g/mol. The van der Waals surface area contributed by atoms with Crippen molar-refractivity contribution in [3.8, 4) is 0 Å². The Morgan fingerprint density at radius 1 is 1.50 bits per heavy atom. The molecule has 1 N–H and O–H groups in total. The maximum Gasteiger partial charge on any atom is 0.0843 e. The summed E-state index contributed by atoms with van der Waals surface area (Å²) in [4.78, 5) is 1.33. The lowest BCUT2D eigenvalue weighted by atomic mass is 10.4. The predicted molar refractivity (Wildman–Crippen MR) is 67.9 cm³/mol. The number of hydrogen-bond acceptors (Lipinski definition) is 3. The van der Waals surface area contributed by atoms with Crippen LogP contribution in [-0.2, 0) is 11.3 Å². The van der Waals surface area contributed by atoms with E-state index in [0.29, 0.717) is 0 Å². The van der Waals surface area contributed by atoms with E-state index in [2.05, 4.69) is 43.2 Å². The molecule has 1 aromatic heterocycles. The highest BCUT2D eigenvalue weighted by molar-refractivity contribution is 9.13.